The van der Waals surface area contributed by atoms with Crippen LogP contribution in [0.25, 0.3) is 16.3 Å². The van der Waals surface area contributed by atoms with E-state index in [1.54, 1.807) is 11.1 Å². The summed E-state index contributed by atoms with van der Waals surface area (Å²) in [4.78, 5) is 2.62. The van der Waals surface area contributed by atoms with Crippen molar-refractivity contribution in [3.05, 3.63) is 100 Å². The second kappa shape index (κ2) is 8.37. The Bertz CT molecular complexity index is 1210. The highest BCUT2D eigenvalue weighted by atomic mass is 15.2. The van der Waals surface area contributed by atoms with Gasteiger partial charge in [-0.15, -0.1) is 0 Å². The summed E-state index contributed by atoms with van der Waals surface area (Å²) in [7, 11) is 0. The van der Waals surface area contributed by atoms with E-state index < -0.39 is 0 Å². The molecule has 3 aromatic carbocycles. The Morgan fingerprint density at radius 3 is 2.62 bits per heavy atom. The zero-order chi connectivity index (χ0) is 21.5. The molecule has 0 N–H and O–H groups in total. The minimum Gasteiger partial charge on any atom is -0.296 e. The Balaban J connectivity index is 1.31. The topological polar surface area (TPSA) is 3.24 Å². The van der Waals surface area contributed by atoms with Crippen LogP contribution in [0.2, 0.25) is 0 Å². The Kier molecular flexibility index (Phi) is 5.23. The van der Waals surface area contributed by atoms with Crippen molar-refractivity contribution in [2.24, 2.45) is 0 Å². The second-order valence-electron chi connectivity index (χ2n) is 10.0. The van der Waals surface area contributed by atoms with Gasteiger partial charge in [0, 0.05) is 12.6 Å². The van der Waals surface area contributed by atoms with Crippen LogP contribution in [0, 0.1) is 0 Å². The molecule has 2 aliphatic carbocycles. The van der Waals surface area contributed by atoms with Gasteiger partial charge in [-0.25, -0.2) is 0 Å². The van der Waals surface area contributed by atoms with Crippen LogP contribution in [-0.2, 0) is 19.4 Å². The van der Waals surface area contributed by atoms with Crippen molar-refractivity contribution < 1.29 is 0 Å². The molecule has 1 atom stereocenters. The highest BCUT2D eigenvalue weighted by molar-refractivity contribution is 5.96. The van der Waals surface area contributed by atoms with E-state index >= 15 is 0 Å². The van der Waals surface area contributed by atoms with Gasteiger partial charge in [-0.1, -0.05) is 72.3 Å². The van der Waals surface area contributed by atoms with Crippen LogP contribution in [0.5, 0.6) is 0 Å². The lowest BCUT2D eigenvalue weighted by Crippen LogP contribution is -2.26. The first kappa shape index (κ1) is 20.0. The van der Waals surface area contributed by atoms with Gasteiger partial charge in [-0.2, -0.15) is 0 Å². The van der Waals surface area contributed by atoms with Crippen molar-refractivity contribution in [3.63, 3.8) is 0 Å². The Hall–Kier alpha value is -2.64. The SMILES string of the molecule is CC1CCCN1Cc1ccc(Cc2cccc3ccc4c(c23)CCC2=C4C=CCC2)cc1. The normalized spacial score (nSPS) is 20.6. The molecular formula is C31H33N. The number of rotatable bonds is 4. The van der Waals surface area contributed by atoms with Crippen LogP contribution in [0.15, 0.2) is 72.3 Å². The summed E-state index contributed by atoms with van der Waals surface area (Å²) in [6.07, 6.45) is 13.3. The molecule has 3 aliphatic rings. The molecule has 6 rings (SSSR count). The van der Waals surface area contributed by atoms with Crippen LogP contribution in [0.1, 0.15) is 66.8 Å². The molecule has 1 unspecified atom stereocenters. The van der Waals surface area contributed by atoms with E-state index in [1.165, 1.54) is 83.7 Å². The van der Waals surface area contributed by atoms with E-state index in [-0.39, 0.29) is 0 Å². The van der Waals surface area contributed by atoms with Gasteiger partial charge in [0.2, 0.25) is 0 Å². The lowest BCUT2D eigenvalue weighted by molar-refractivity contribution is 0.260. The molecule has 3 aromatic rings. The molecular weight excluding hydrogens is 386 g/mol. The minimum absolute atomic E-state index is 0.728. The summed E-state index contributed by atoms with van der Waals surface area (Å²) < 4.78 is 0. The zero-order valence-electron chi connectivity index (χ0n) is 19.2. The van der Waals surface area contributed by atoms with E-state index in [2.05, 4.69) is 78.6 Å². The largest absolute Gasteiger partial charge is 0.296 e. The molecule has 162 valence electrons. The maximum Gasteiger partial charge on any atom is 0.0236 e. The van der Waals surface area contributed by atoms with Gasteiger partial charge in [0.1, 0.15) is 0 Å². The summed E-state index contributed by atoms with van der Waals surface area (Å²) in [6.45, 7) is 4.70. The number of nitrogens with zero attached hydrogens (tertiary/aromatic N) is 1. The van der Waals surface area contributed by atoms with Crippen molar-refractivity contribution in [1.82, 2.24) is 4.90 Å². The molecule has 32 heavy (non-hydrogen) atoms. The van der Waals surface area contributed by atoms with Gasteiger partial charge in [0.15, 0.2) is 0 Å². The number of benzene rings is 3. The third kappa shape index (κ3) is 3.63. The molecule has 0 spiro atoms. The number of hydrogen-bond acceptors (Lipinski definition) is 1. The summed E-state index contributed by atoms with van der Waals surface area (Å²) in [5.41, 5.74) is 10.6. The average molecular weight is 420 g/mol. The standard InChI is InChI=1S/C31H33N/c1-22-6-5-19-32(22)21-24-13-11-23(12-14-24)20-27-9-4-8-26-16-17-29-28-10-3-2-7-25(28)15-18-30(29)31(26)27/h3-4,8-14,16-17,22H,2,5-7,15,18-21H2,1H3. The van der Waals surface area contributed by atoms with Crippen molar-refractivity contribution in [2.75, 3.05) is 6.54 Å². The van der Waals surface area contributed by atoms with Gasteiger partial charge in [0.25, 0.3) is 0 Å². The molecule has 1 saturated heterocycles. The monoisotopic (exact) mass is 419 g/mol. The van der Waals surface area contributed by atoms with Gasteiger partial charge >= 0.3 is 0 Å². The molecule has 1 heterocycles. The lowest BCUT2D eigenvalue weighted by Gasteiger charge is -2.26. The highest BCUT2D eigenvalue weighted by Gasteiger charge is 2.22. The van der Waals surface area contributed by atoms with Crippen LogP contribution < -0.4 is 0 Å². The molecule has 0 bridgehead atoms. The van der Waals surface area contributed by atoms with Crippen molar-refractivity contribution in [2.45, 2.75) is 64.5 Å². The van der Waals surface area contributed by atoms with E-state index in [0.29, 0.717) is 0 Å². The van der Waals surface area contributed by atoms with Crippen molar-refractivity contribution >= 4 is 16.3 Å². The zero-order valence-corrected chi connectivity index (χ0v) is 19.2. The number of hydrogen-bond donors (Lipinski definition) is 0. The lowest BCUT2D eigenvalue weighted by atomic mass is 9.78. The molecule has 0 aromatic heterocycles. The minimum atomic E-state index is 0.728. The van der Waals surface area contributed by atoms with Gasteiger partial charge in [-0.05, 0) is 103 Å². The first-order valence-electron chi connectivity index (χ1n) is 12.5. The average Bonchev–Trinajstić information content (AvgIpc) is 3.24. The number of aryl methyl sites for hydroxylation is 1. The highest BCUT2D eigenvalue weighted by Crippen LogP contribution is 2.41. The third-order valence-corrected chi connectivity index (χ3v) is 7.98. The van der Waals surface area contributed by atoms with Gasteiger partial charge < -0.3 is 0 Å². The molecule has 0 amide bonds. The fourth-order valence-corrected chi connectivity index (χ4v) is 6.17. The number of likely N-dealkylation sites (tertiary alicyclic amines) is 1. The van der Waals surface area contributed by atoms with E-state index in [9.17, 15) is 0 Å². The first-order valence-corrected chi connectivity index (χ1v) is 12.5. The molecule has 1 heteroatoms. The van der Waals surface area contributed by atoms with Crippen LogP contribution in [0.3, 0.4) is 0 Å². The van der Waals surface area contributed by atoms with Gasteiger partial charge in [0.05, 0.1) is 0 Å². The van der Waals surface area contributed by atoms with Gasteiger partial charge in [-0.3, -0.25) is 4.90 Å². The second-order valence-corrected chi connectivity index (χ2v) is 10.0. The molecule has 1 fully saturated rings. The third-order valence-electron chi connectivity index (χ3n) is 7.98. The smallest absolute Gasteiger partial charge is 0.0236 e. The molecule has 1 aliphatic heterocycles. The Labute approximate surface area is 192 Å². The summed E-state index contributed by atoms with van der Waals surface area (Å²) >= 11 is 0. The van der Waals surface area contributed by atoms with Crippen LogP contribution in [0.4, 0.5) is 0 Å². The summed E-state index contributed by atoms with van der Waals surface area (Å²) in [5.74, 6) is 0. The Morgan fingerprint density at radius 2 is 1.78 bits per heavy atom. The quantitative estimate of drug-likeness (QED) is 0.424. The fraction of sp³-hybridized carbons (Fsp3) is 0.355. The van der Waals surface area contributed by atoms with E-state index in [4.69, 9.17) is 0 Å². The summed E-state index contributed by atoms with van der Waals surface area (Å²) in [6, 6.07) is 21.7. The van der Waals surface area contributed by atoms with E-state index in [0.717, 1.165) is 19.0 Å². The van der Waals surface area contributed by atoms with Crippen LogP contribution in [-0.4, -0.2) is 17.5 Å². The molecule has 1 nitrogen and oxygen atoms in total. The summed E-state index contributed by atoms with van der Waals surface area (Å²) in [5, 5.41) is 2.90. The molecule has 0 saturated carbocycles. The van der Waals surface area contributed by atoms with Crippen molar-refractivity contribution in [3.8, 4) is 0 Å². The predicted molar refractivity (Wildman–Crippen MR) is 136 cm³/mol. The predicted octanol–water partition coefficient (Wildman–Crippen LogP) is 7.46. The van der Waals surface area contributed by atoms with E-state index in [1.807, 2.05) is 0 Å². The van der Waals surface area contributed by atoms with Crippen LogP contribution >= 0.6 is 0 Å². The number of allylic oxidation sites excluding steroid dienone is 4. The maximum absolute atomic E-state index is 2.62. The maximum atomic E-state index is 2.62. The number of fused-ring (bicyclic) bond motifs is 4. The molecule has 0 radical (unpaired) electrons. The first-order chi connectivity index (χ1) is 15.8. The fourth-order valence-electron chi connectivity index (χ4n) is 6.17. The Morgan fingerprint density at radius 1 is 0.906 bits per heavy atom. The van der Waals surface area contributed by atoms with Crippen molar-refractivity contribution in [1.29, 1.82) is 0 Å².